The van der Waals surface area contributed by atoms with Crippen LogP contribution < -0.4 is 15.2 Å². The highest BCUT2D eigenvalue weighted by Crippen LogP contribution is 2.34. The number of benzene rings is 2. The quantitative estimate of drug-likeness (QED) is 0.871. The van der Waals surface area contributed by atoms with Crippen LogP contribution in [0.1, 0.15) is 11.6 Å². The molecule has 1 aliphatic rings. The van der Waals surface area contributed by atoms with Crippen LogP contribution in [-0.2, 0) is 0 Å². The first-order valence-corrected chi connectivity index (χ1v) is 7.62. The van der Waals surface area contributed by atoms with E-state index in [0.29, 0.717) is 0 Å². The Kier molecular flexibility index (Phi) is 4.05. The van der Waals surface area contributed by atoms with E-state index >= 15 is 0 Å². The summed E-state index contributed by atoms with van der Waals surface area (Å²) in [5.41, 5.74) is 7.28. The van der Waals surface area contributed by atoms with Crippen LogP contribution in [0.2, 0.25) is 5.02 Å². The van der Waals surface area contributed by atoms with Crippen molar-refractivity contribution >= 4 is 23.4 Å². The molecule has 0 aromatic heterocycles. The van der Waals surface area contributed by atoms with E-state index in [4.69, 9.17) is 26.8 Å². The molecule has 5 heteroatoms. The molecule has 3 nitrogen and oxygen atoms in total. The number of thioether (sulfide) groups is 1. The Balaban J connectivity index is 1.64. The third kappa shape index (κ3) is 3.03. The zero-order chi connectivity index (χ0) is 13.9. The zero-order valence-electron chi connectivity index (χ0n) is 10.7. The Morgan fingerprint density at radius 1 is 1.10 bits per heavy atom. The van der Waals surface area contributed by atoms with Crippen LogP contribution in [-0.4, -0.2) is 12.5 Å². The Morgan fingerprint density at radius 2 is 1.85 bits per heavy atom. The molecule has 0 aliphatic carbocycles. The number of hydrogen-bond donors (Lipinski definition) is 1. The van der Waals surface area contributed by atoms with Crippen LogP contribution in [0.3, 0.4) is 0 Å². The molecular formula is C15H14ClNO2S. The Morgan fingerprint density at radius 3 is 2.65 bits per heavy atom. The number of nitrogens with two attached hydrogens (primary N) is 1. The smallest absolute Gasteiger partial charge is 0.231 e. The van der Waals surface area contributed by atoms with Gasteiger partial charge >= 0.3 is 0 Å². The zero-order valence-corrected chi connectivity index (χ0v) is 12.3. The van der Waals surface area contributed by atoms with Crippen LogP contribution in [0.4, 0.5) is 0 Å². The average molecular weight is 308 g/mol. The lowest BCUT2D eigenvalue weighted by Gasteiger charge is -2.12. The van der Waals surface area contributed by atoms with Gasteiger partial charge in [0.15, 0.2) is 11.5 Å². The van der Waals surface area contributed by atoms with Crippen LogP contribution >= 0.6 is 23.4 Å². The lowest BCUT2D eigenvalue weighted by atomic mass is 10.1. The van der Waals surface area contributed by atoms with Gasteiger partial charge in [0.25, 0.3) is 0 Å². The summed E-state index contributed by atoms with van der Waals surface area (Å²) in [6, 6.07) is 13.6. The summed E-state index contributed by atoms with van der Waals surface area (Å²) < 4.78 is 10.7. The summed E-state index contributed by atoms with van der Waals surface area (Å²) in [5, 5.41) is 0.745. The molecule has 2 aromatic rings. The SMILES string of the molecule is NC(CSc1ccc(Cl)cc1)c1ccc2c(c1)OCO2. The fraction of sp³-hybridized carbons (Fsp3) is 0.200. The monoisotopic (exact) mass is 307 g/mol. The number of hydrogen-bond acceptors (Lipinski definition) is 4. The molecule has 3 rings (SSSR count). The van der Waals surface area contributed by atoms with E-state index in [1.807, 2.05) is 42.5 Å². The van der Waals surface area contributed by atoms with Crippen molar-refractivity contribution in [2.75, 3.05) is 12.5 Å². The second-order valence-electron chi connectivity index (χ2n) is 4.48. The normalized spacial score (nSPS) is 14.3. The second-order valence-corrected chi connectivity index (χ2v) is 6.01. The molecule has 2 N–H and O–H groups in total. The third-order valence-electron chi connectivity index (χ3n) is 3.07. The van der Waals surface area contributed by atoms with Crippen LogP contribution in [0.5, 0.6) is 11.5 Å². The van der Waals surface area contributed by atoms with Crippen molar-refractivity contribution in [3.8, 4) is 11.5 Å². The summed E-state index contributed by atoms with van der Waals surface area (Å²) in [6.07, 6.45) is 0. The minimum Gasteiger partial charge on any atom is -0.454 e. The van der Waals surface area contributed by atoms with E-state index in [9.17, 15) is 0 Å². The molecule has 1 heterocycles. The predicted octanol–water partition coefficient (Wildman–Crippen LogP) is 3.86. The number of ether oxygens (including phenoxy) is 2. The molecule has 104 valence electrons. The van der Waals surface area contributed by atoms with Gasteiger partial charge in [-0.25, -0.2) is 0 Å². The van der Waals surface area contributed by atoms with Crippen LogP contribution in [0.15, 0.2) is 47.4 Å². The molecule has 0 fully saturated rings. The maximum Gasteiger partial charge on any atom is 0.231 e. The molecule has 0 saturated carbocycles. The van der Waals surface area contributed by atoms with Gasteiger partial charge in [0.05, 0.1) is 0 Å². The molecule has 0 radical (unpaired) electrons. The van der Waals surface area contributed by atoms with Gasteiger partial charge in [-0.05, 0) is 42.0 Å². The second kappa shape index (κ2) is 5.95. The topological polar surface area (TPSA) is 44.5 Å². The Bertz CT molecular complexity index is 603. The molecule has 1 unspecified atom stereocenters. The van der Waals surface area contributed by atoms with Gasteiger partial charge in [-0.15, -0.1) is 11.8 Å². The summed E-state index contributed by atoms with van der Waals surface area (Å²) in [6.45, 7) is 0.285. The minimum atomic E-state index is -0.0508. The van der Waals surface area contributed by atoms with Gasteiger partial charge in [-0.3, -0.25) is 0 Å². The summed E-state index contributed by atoms with van der Waals surface area (Å²) >= 11 is 7.57. The number of rotatable bonds is 4. The summed E-state index contributed by atoms with van der Waals surface area (Å²) in [4.78, 5) is 1.16. The highest BCUT2D eigenvalue weighted by Gasteiger charge is 2.16. The van der Waals surface area contributed by atoms with Crippen molar-refractivity contribution in [2.45, 2.75) is 10.9 Å². The van der Waals surface area contributed by atoms with Crippen LogP contribution in [0, 0.1) is 0 Å². The third-order valence-corrected chi connectivity index (χ3v) is 4.45. The Labute approximate surface area is 127 Å². The van der Waals surface area contributed by atoms with Crippen molar-refractivity contribution in [1.29, 1.82) is 0 Å². The van der Waals surface area contributed by atoms with E-state index in [1.165, 1.54) is 0 Å². The molecule has 2 aromatic carbocycles. The van der Waals surface area contributed by atoms with E-state index < -0.39 is 0 Å². The van der Waals surface area contributed by atoms with E-state index in [1.54, 1.807) is 11.8 Å². The molecular weight excluding hydrogens is 294 g/mol. The fourth-order valence-electron chi connectivity index (χ4n) is 1.96. The minimum absolute atomic E-state index is 0.0508. The van der Waals surface area contributed by atoms with Gasteiger partial charge in [0.2, 0.25) is 6.79 Å². The van der Waals surface area contributed by atoms with Crippen molar-refractivity contribution in [3.63, 3.8) is 0 Å². The first kappa shape index (κ1) is 13.6. The molecule has 0 amide bonds. The van der Waals surface area contributed by atoms with Crippen LogP contribution in [0.25, 0.3) is 0 Å². The van der Waals surface area contributed by atoms with Crippen molar-refractivity contribution in [2.24, 2.45) is 5.73 Å². The van der Waals surface area contributed by atoms with Gasteiger partial charge in [-0.1, -0.05) is 17.7 Å². The lowest BCUT2D eigenvalue weighted by Crippen LogP contribution is -2.12. The number of fused-ring (bicyclic) bond motifs is 1. The van der Waals surface area contributed by atoms with Crippen molar-refractivity contribution in [1.82, 2.24) is 0 Å². The van der Waals surface area contributed by atoms with Gasteiger partial charge < -0.3 is 15.2 Å². The van der Waals surface area contributed by atoms with Gasteiger partial charge in [-0.2, -0.15) is 0 Å². The molecule has 0 spiro atoms. The maximum atomic E-state index is 6.22. The molecule has 1 aliphatic heterocycles. The first-order valence-electron chi connectivity index (χ1n) is 6.26. The van der Waals surface area contributed by atoms with E-state index in [-0.39, 0.29) is 12.8 Å². The summed E-state index contributed by atoms with van der Waals surface area (Å²) in [5.74, 6) is 2.35. The predicted molar refractivity (Wildman–Crippen MR) is 81.7 cm³/mol. The average Bonchev–Trinajstić information content (AvgIpc) is 2.93. The van der Waals surface area contributed by atoms with E-state index in [2.05, 4.69) is 0 Å². The molecule has 0 saturated heterocycles. The molecule has 0 bridgehead atoms. The molecule has 1 atom stereocenters. The highest BCUT2D eigenvalue weighted by atomic mass is 35.5. The maximum absolute atomic E-state index is 6.22. The fourth-order valence-corrected chi connectivity index (χ4v) is 2.98. The van der Waals surface area contributed by atoms with Crippen molar-refractivity contribution < 1.29 is 9.47 Å². The highest BCUT2D eigenvalue weighted by molar-refractivity contribution is 7.99. The molecule has 20 heavy (non-hydrogen) atoms. The standard InChI is InChI=1S/C15H14ClNO2S/c16-11-2-4-12(5-3-11)20-8-13(17)10-1-6-14-15(7-10)19-9-18-14/h1-7,13H,8-9,17H2. The largest absolute Gasteiger partial charge is 0.454 e. The first-order chi connectivity index (χ1) is 9.72. The number of halogens is 1. The lowest BCUT2D eigenvalue weighted by molar-refractivity contribution is 0.174. The Hall–Kier alpha value is -1.36. The van der Waals surface area contributed by atoms with Gasteiger partial charge in [0.1, 0.15) is 0 Å². The summed E-state index contributed by atoms with van der Waals surface area (Å²) in [7, 11) is 0. The van der Waals surface area contributed by atoms with E-state index in [0.717, 1.165) is 32.7 Å². The van der Waals surface area contributed by atoms with Crippen molar-refractivity contribution in [3.05, 3.63) is 53.1 Å². The van der Waals surface area contributed by atoms with Gasteiger partial charge in [0, 0.05) is 21.7 Å².